The molecule has 0 heterocycles. The van der Waals surface area contributed by atoms with Gasteiger partial charge >= 0.3 is 88.7 Å². The topological polar surface area (TPSA) is 184 Å². The smallest absolute Gasteiger partial charge is 0.870 e. The molecule has 4 N–H and O–H groups in total. The fourth-order valence-electron chi connectivity index (χ4n) is 1.81. The molecule has 0 saturated carbocycles. The van der Waals surface area contributed by atoms with Gasteiger partial charge in [-0.2, -0.15) is 0 Å². The summed E-state index contributed by atoms with van der Waals surface area (Å²) in [6.45, 7) is 0. The van der Waals surface area contributed by atoms with E-state index in [1.165, 1.54) is 6.29 Å². The molecule has 0 bridgehead atoms. The van der Waals surface area contributed by atoms with Gasteiger partial charge < -0.3 is 40.9 Å². The first-order chi connectivity index (χ1) is 10.4. The van der Waals surface area contributed by atoms with E-state index in [0.29, 0.717) is 0 Å². The summed E-state index contributed by atoms with van der Waals surface area (Å²) in [4.78, 5) is 43.7. The molecule has 1 amide bonds. The first-order valence-electron chi connectivity index (χ1n) is 6.41. The van der Waals surface area contributed by atoms with Crippen LogP contribution in [0.3, 0.4) is 0 Å². The van der Waals surface area contributed by atoms with Crippen LogP contribution in [0.2, 0.25) is 0 Å². The van der Waals surface area contributed by atoms with Gasteiger partial charge in [-0.3, -0.25) is 11.1 Å². The molecule has 0 radical (unpaired) electrons. The largest absolute Gasteiger partial charge is 1.00 e. The van der Waals surface area contributed by atoms with E-state index in [0.717, 1.165) is 5.56 Å². The summed E-state index contributed by atoms with van der Waals surface area (Å²) in [5.74, 6) is -2.87. The molecule has 1 rings (SSSR count). The number of aliphatic hydroxyl groups is 1. The van der Waals surface area contributed by atoms with Crippen LogP contribution >= 0.6 is 0 Å². The van der Waals surface area contributed by atoms with Crippen LogP contribution in [0.4, 0.5) is 0 Å². The summed E-state index contributed by atoms with van der Waals surface area (Å²) in [6, 6.07) is 7.80. The zero-order valence-electron chi connectivity index (χ0n) is 15.5. The molecule has 12 heteroatoms. The Morgan fingerprint density at radius 2 is 1.63 bits per heavy atom. The van der Waals surface area contributed by atoms with E-state index >= 15 is 0 Å². The molecule has 0 saturated heterocycles. The standard InChI is InChI=1S/C15H15NO6.3Na.2H2O/c17-7-6-15(22,14(20)21)9-13(19)16-12(10-18)8-11-4-2-1-3-5-11;;;;;/h1-5,12,22H,6,8-9H2,(H,16,19)(H,20,21);;;;2*1H2/q-2;3*+1;;/p-3. The van der Waals surface area contributed by atoms with Crippen molar-refractivity contribution in [2.75, 3.05) is 0 Å². The van der Waals surface area contributed by atoms with Gasteiger partial charge in [-0.05, 0) is 12.0 Å². The van der Waals surface area contributed by atoms with Crippen LogP contribution in [0.5, 0.6) is 0 Å². The molecule has 0 aliphatic heterocycles. The van der Waals surface area contributed by atoms with Crippen molar-refractivity contribution >= 4 is 24.4 Å². The number of rotatable bonds is 9. The number of carboxylic acids is 1. The second-order valence-corrected chi connectivity index (χ2v) is 4.74. The molecule has 0 aromatic heterocycles. The van der Waals surface area contributed by atoms with Gasteiger partial charge in [-0.1, -0.05) is 36.4 Å². The van der Waals surface area contributed by atoms with Crippen molar-refractivity contribution in [3.05, 3.63) is 35.9 Å². The van der Waals surface area contributed by atoms with E-state index in [1.54, 1.807) is 36.6 Å². The number of amides is 1. The average molecular weight is 407 g/mol. The van der Waals surface area contributed by atoms with Crippen molar-refractivity contribution < 1.29 is 129 Å². The summed E-state index contributed by atoms with van der Waals surface area (Å²) >= 11 is 0. The summed E-state index contributed by atoms with van der Waals surface area (Å²) in [6.07, 6.45) is 1.19. The predicted molar refractivity (Wildman–Crippen MR) is 76.5 cm³/mol. The summed E-state index contributed by atoms with van der Waals surface area (Å²) in [5, 5.41) is 22.7. The second-order valence-electron chi connectivity index (χ2n) is 4.74. The van der Waals surface area contributed by atoms with Crippen LogP contribution in [-0.4, -0.2) is 52.2 Å². The van der Waals surface area contributed by atoms with E-state index < -0.39 is 36.4 Å². The van der Waals surface area contributed by atoms with Gasteiger partial charge in [0.1, 0.15) is 0 Å². The fraction of sp³-hybridized carbons (Fsp3) is 0.333. The Bertz CT molecular complexity index is 561. The Kier molecular flexibility index (Phi) is 27.7. The third-order valence-corrected chi connectivity index (χ3v) is 2.96. The minimum atomic E-state index is -2.65. The number of hydrogen-bond acceptors (Lipinski definition) is 8. The van der Waals surface area contributed by atoms with Gasteiger partial charge in [-0.25, -0.2) is 6.29 Å². The second kappa shape index (κ2) is 19.7. The van der Waals surface area contributed by atoms with Crippen molar-refractivity contribution in [1.82, 2.24) is 5.32 Å². The molecule has 0 fully saturated rings. The Morgan fingerprint density at radius 3 is 2.04 bits per heavy atom. The first-order valence-corrected chi connectivity index (χ1v) is 6.41. The van der Waals surface area contributed by atoms with Crippen molar-refractivity contribution in [1.29, 1.82) is 0 Å². The molecule has 1 aromatic carbocycles. The van der Waals surface area contributed by atoms with Crippen LogP contribution in [-0.2, 0) is 25.6 Å². The summed E-state index contributed by atoms with van der Waals surface area (Å²) in [7, 11) is 0. The third kappa shape index (κ3) is 14.1. The van der Waals surface area contributed by atoms with Gasteiger partial charge in [0.15, 0.2) is 0 Å². The van der Waals surface area contributed by atoms with Crippen molar-refractivity contribution in [3.63, 3.8) is 0 Å². The number of benzene rings is 1. The maximum Gasteiger partial charge on any atom is 1.00 e. The Balaban J connectivity index is -0.000000323. The SMILES string of the molecule is O=[C-]CC(O)(CC(=O)NC([C-]=O)Cc1ccccc1)C(=O)[O-].[Na+].[Na+].[Na+].[OH-].[OH-]. The summed E-state index contributed by atoms with van der Waals surface area (Å²) in [5.41, 5.74) is -1.88. The normalized spacial score (nSPS) is 11.7. The monoisotopic (exact) mass is 407 g/mol. The fourth-order valence-corrected chi connectivity index (χ4v) is 1.81. The Labute approximate surface area is 223 Å². The molecule has 134 valence electrons. The number of aliphatic carboxylic acids is 1. The first kappa shape index (κ1) is 38.0. The molecule has 2 unspecified atom stereocenters. The molecular formula is C15H16NNa3O8-2. The molecule has 9 nitrogen and oxygen atoms in total. The number of carbonyl (C=O) groups is 2. The maximum atomic E-state index is 11.7. The minimum absolute atomic E-state index is 0. The quantitative estimate of drug-likeness (QED) is 0.299. The maximum absolute atomic E-state index is 11.7. The number of hydrogen-bond donors (Lipinski definition) is 2. The van der Waals surface area contributed by atoms with Crippen molar-refractivity contribution in [3.8, 4) is 0 Å². The number of carbonyl (C=O) groups excluding carboxylic acids is 4. The van der Waals surface area contributed by atoms with E-state index in [-0.39, 0.29) is 106 Å². The molecule has 0 spiro atoms. The number of nitrogens with one attached hydrogen (secondary N) is 1. The van der Waals surface area contributed by atoms with Crippen LogP contribution in [0, 0.1) is 0 Å². The van der Waals surface area contributed by atoms with Gasteiger partial charge in [0.05, 0.1) is 18.0 Å². The zero-order chi connectivity index (χ0) is 16.6. The Morgan fingerprint density at radius 1 is 1.11 bits per heavy atom. The average Bonchev–Trinajstić information content (AvgIpc) is 2.47. The van der Waals surface area contributed by atoms with Crippen LogP contribution < -0.4 is 99.1 Å². The van der Waals surface area contributed by atoms with E-state index in [2.05, 4.69) is 5.32 Å². The summed E-state index contributed by atoms with van der Waals surface area (Å²) < 4.78 is 0. The minimum Gasteiger partial charge on any atom is -0.870 e. The van der Waals surface area contributed by atoms with Gasteiger partial charge in [0, 0.05) is 0 Å². The van der Waals surface area contributed by atoms with E-state index in [1.807, 2.05) is 0 Å². The van der Waals surface area contributed by atoms with Gasteiger partial charge in [-0.15, -0.1) is 6.42 Å². The molecule has 0 aliphatic carbocycles. The molecule has 2 atom stereocenters. The number of carboxylic acid groups (broad SMARTS) is 1. The third-order valence-electron chi connectivity index (χ3n) is 2.96. The van der Waals surface area contributed by atoms with Crippen molar-refractivity contribution in [2.45, 2.75) is 30.9 Å². The predicted octanol–water partition coefficient (Wildman–Crippen LogP) is -11.1. The van der Waals surface area contributed by atoms with Crippen LogP contribution in [0.15, 0.2) is 30.3 Å². The molecule has 0 aliphatic rings. The Hall–Kier alpha value is 0.380. The van der Waals surface area contributed by atoms with E-state index in [9.17, 15) is 29.4 Å². The van der Waals surface area contributed by atoms with E-state index in [4.69, 9.17) is 0 Å². The molecule has 1 aromatic rings. The van der Waals surface area contributed by atoms with Crippen LogP contribution in [0.25, 0.3) is 0 Å². The molecular weight excluding hydrogens is 391 g/mol. The van der Waals surface area contributed by atoms with Gasteiger partial charge in [0.25, 0.3) is 0 Å². The zero-order valence-corrected chi connectivity index (χ0v) is 21.5. The van der Waals surface area contributed by atoms with Gasteiger partial charge in [0.2, 0.25) is 5.91 Å². The van der Waals surface area contributed by atoms with Crippen molar-refractivity contribution in [2.24, 2.45) is 0 Å². The van der Waals surface area contributed by atoms with Crippen LogP contribution in [0.1, 0.15) is 18.4 Å². The molecule has 27 heavy (non-hydrogen) atoms.